The fourth-order valence-corrected chi connectivity index (χ4v) is 5.37. The van der Waals surface area contributed by atoms with E-state index >= 15 is 0 Å². The summed E-state index contributed by atoms with van der Waals surface area (Å²) in [6.45, 7) is 12.1. The summed E-state index contributed by atoms with van der Waals surface area (Å²) >= 11 is 0. The summed E-state index contributed by atoms with van der Waals surface area (Å²) in [6.07, 6.45) is 5.71. The molecule has 0 amide bonds. The molecule has 5 heterocycles. The lowest BCUT2D eigenvalue weighted by atomic mass is 9.83. The van der Waals surface area contributed by atoms with Crippen LogP contribution in [0.5, 0.6) is 0 Å². The normalized spacial score (nSPS) is 25.3. The standard InChI is InChI=1S/C25H35N7O/c1-16-13-32(14-17(2)30-16)21-7-5-6-19(31-21)11-26-23-22-20(12-27-24(22)29-15-28-23)18-8-9-33-25(3,4)10-18/h5-7,12,15-18,30H,8-11,13-14H2,1-4H3,(H2,26,27,28,29)/t16-,17+,18?. The summed E-state index contributed by atoms with van der Waals surface area (Å²) in [6, 6.07) is 7.18. The van der Waals surface area contributed by atoms with Crippen LogP contribution in [0.4, 0.5) is 11.6 Å². The number of pyridine rings is 1. The van der Waals surface area contributed by atoms with Crippen LogP contribution in [-0.2, 0) is 11.3 Å². The van der Waals surface area contributed by atoms with Crippen LogP contribution in [0.15, 0.2) is 30.7 Å². The number of fused-ring (bicyclic) bond motifs is 1. The number of ether oxygens (including phenoxy) is 1. The van der Waals surface area contributed by atoms with Gasteiger partial charge < -0.3 is 25.3 Å². The van der Waals surface area contributed by atoms with Crippen molar-refractivity contribution >= 4 is 22.7 Å². The lowest BCUT2D eigenvalue weighted by Crippen LogP contribution is -2.54. The quantitative estimate of drug-likeness (QED) is 0.545. The number of aromatic nitrogens is 4. The third kappa shape index (κ3) is 4.82. The maximum atomic E-state index is 5.94. The molecule has 8 heteroatoms. The van der Waals surface area contributed by atoms with Gasteiger partial charge in [0.15, 0.2) is 0 Å². The van der Waals surface area contributed by atoms with E-state index in [1.807, 2.05) is 0 Å². The van der Waals surface area contributed by atoms with Crippen molar-refractivity contribution in [1.82, 2.24) is 25.3 Å². The maximum absolute atomic E-state index is 5.94. The van der Waals surface area contributed by atoms with Gasteiger partial charge in [0.2, 0.25) is 0 Å². The van der Waals surface area contributed by atoms with Gasteiger partial charge in [-0.25, -0.2) is 15.0 Å². The average molecular weight is 450 g/mol. The smallest absolute Gasteiger partial charge is 0.143 e. The second-order valence-electron chi connectivity index (χ2n) is 10.2. The van der Waals surface area contributed by atoms with E-state index in [2.05, 4.69) is 82.6 Å². The molecule has 176 valence electrons. The van der Waals surface area contributed by atoms with E-state index in [1.165, 1.54) is 5.56 Å². The Morgan fingerprint density at radius 3 is 2.79 bits per heavy atom. The summed E-state index contributed by atoms with van der Waals surface area (Å²) in [5.74, 6) is 2.32. The zero-order chi connectivity index (χ0) is 23.0. The van der Waals surface area contributed by atoms with Gasteiger partial charge in [0.25, 0.3) is 0 Å². The van der Waals surface area contributed by atoms with Crippen LogP contribution in [0.3, 0.4) is 0 Å². The number of nitrogens with one attached hydrogen (secondary N) is 3. The monoisotopic (exact) mass is 449 g/mol. The predicted octanol–water partition coefficient (Wildman–Crippen LogP) is 3.82. The summed E-state index contributed by atoms with van der Waals surface area (Å²) in [5, 5.41) is 8.21. The van der Waals surface area contributed by atoms with Crippen molar-refractivity contribution in [3.63, 3.8) is 0 Å². The van der Waals surface area contributed by atoms with Crippen molar-refractivity contribution in [2.45, 2.75) is 70.7 Å². The number of rotatable bonds is 5. The van der Waals surface area contributed by atoms with Crippen LogP contribution >= 0.6 is 0 Å². The molecule has 0 radical (unpaired) electrons. The molecule has 3 N–H and O–H groups in total. The number of hydrogen-bond acceptors (Lipinski definition) is 7. The lowest BCUT2D eigenvalue weighted by molar-refractivity contribution is -0.0591. The van der Waals surface area contributed by atoms with E-state index in [4.69, 9.17) is 9.72 Å². The number of H-pyrrole nitrogens is 1. The lowest BCUT2D eigenvalue weighted by Gasteiger charge is -2.37. The van der Waals surface area contributed by atoms with Gasteiger partial charge >= 0.3 is 0 Å². The first-order valence-electron chi connectivity index (χ1n) is 12.0. The predicted molar refractivity (Wildman–Crippen MR) is 132 cm³/mol. The molecule has 2 aliphatic heterocycles. The van der Waals surface area contributed by atoms with Gasteiger partial charge in [-0.15, -0.1) is 0 Å². The molecule has 3 atom stereocenters. The van der Waals surface area contributed by atoms with Crippen LogP contribution in [-0.4, -0.2) is 57.3 Å². The van der Waals surface area contributed by atoms with E-state index in [0.717, 1.165) is 60.9 Å². The second kappa shape index (κ2) is 8.91. The first-order chi connectivity index (χ1) is 15.9. The van der Waals surface area contributed by atoms with E-state index in [-0.39, 0.29) is 5.60 Å². The summed E-state index contributed by atoms with van der Waals surface area (Å²) < 4.78 is 5.94. The van der Waals surface area contributed by atoms with Crippen LogP contribution in [0.25, 0.3) is 11.0 Å². The van der Waals surface area contributed by atoms with Crippen molar-refractivity contribution in [3.05, 3.63) is 42.0 Å². The fourth-order valence-electron chi connectivity index (χ4n) is 5.37. The Morgan fingerprint density at radius 2 is 2.00 bits per heavy atom. The first kappa shape index (κ1) is 22.1. The Balaban J connectivity index is 1.36. The van der Waals surface area contributed by atoms with Crippen molar-refractivity contribution in [2.75, 3.05) is 29.9 Å². The van der Waals surface area contributed by atoms with Crippen LogP contribution in [0.1, 0.15) is 57.7 Å². The van der Waals surface area contributed by atoms with Crippen LogP contribution in [0, 0.1) is 0 Å². The molecule has 0 aromatic carbocycles. The molecular formula is C25H35N7O. The number of hydrogen-bond donors (Lipinski definition) is 3. The van der Waals surface area contributed by atoms with Crippen molar-refractivity contribution < 1.29 is 4.74 Å². The van der Waals surface area contributed by atoms with Gasteiger partial charge in [-0.05, 0) is 64.2 Å². The second-order valence-corrected chi connectivity index (χ2v) is 10.2. The zero-order valence-electron chi connectivity index (χ0n) is 20.1. The summed E-state index contributed by atoms with van der Waals surface area (Å²) in [7, 11) is 0. The van der Waals surface area contributed by atoms with Crippen LogP contribution in [0.2, 0.25) is 0 Å². The van der Waals surface area contributed by atoms with Crippen molar-refractivity contribution in [3.8, 4) is 0 Å². The Morgan fingerprint density at radius 1 is 1.18 bits per heavy atom. The Labute approximate surface area is 195 Å². The van der Waals surface area contributed by atoms with Gasteiger partial charge in [0, 0.05) is 38.0 Å². The molecule has 0 spiro atoms. The molecule has 0 bridgehead atoms. The maximum Gasteiger partial charge on any atom is 0.143 e. The summed E-state index contributed by atoms with van der Waals surface area (Å²) in [5.41, 5.74) is 3.04. The molecule has 3 aromatic heterocycles. The molecule has 2 saturated heterocycles. The number of piperazine rings is 1. The highest BCUT2D eigenvalue weighted by Crippen LogP contribution is 2.39. The molecule has 1 unspecified atom stereocenters. The minimum Gasteiger partial charge on any atom is -0.376 e. The molecule has 8 nitrogen and oxygen atoms in total. The highest BCUT2D eigenvalue weighted by molar-refractivity contribution is 5.90. The Bertz CT molecular complexity index is 1100. The van der Waals surface area contributed by atoms with Crippen molar-refractivity contribution in [2.24, 2.45) is 0 Å². The zero-order valence-corrected chi connectivity index (χ0v) is 20.1. The molecule has 5 rings (SSSR count). The van der Waals surface area contributed by atoms with Crippen molar-refractivity contribution in [1.29, 1.82) is 0 Å². The molecule has 0 aliphatic carbocycles. The molecule has 2 fully saturated rings. The molecule has 2 aliphatic rings. The highest BCUT2D eigenvalue weighted by atomic mass is 16.5. The Hall–Kier alpha value is -2.71. The van der Waals surface area contributed by atoms with E-state index in [9.17, 15) is 0 Å². The van der Waals surface area contributed by atoms with E-state index < -0.39 is 0 Å². The van der Waals surface area contributed by atoms with E-state index in [1.54, 1.807) is 6.33 Å². The highest BCUT2D eigenvalue weighted by Gasteiger charge is 2.31. The van der Waals surface area contributed by atoms with Gasteiger partial charge in [0.1, 0.15) is 23.6 Å². The Kier molecular flexibility index (Phi) is 5.97. The molecular weight excluding hydrogens is 414 g/mol. The molecule has 0 saturated carbocycles. The minimum absolute atomic E-state index is 0.112. The minimum atomic E-state index is -0.112. The average Bonchev–Trinajstić information content (AvgIpc) is 3.21. The van der Waals surface area contributed by atoms with Gasteiger partial charge in [-0.2, -0.15) is 0 Å². The fraction of sp³-hybridized carbons (Fsp3) is 0.560. The summed E-state index contributed by atoms with van der Waals surface area (Å²) in [4.78, 5) is 19.7. The van der Waals surface area contributed by atoms with Crippen LogP contribution < -0.4 is 15.5 Å². The topological polar surface area (TPSA) is 91.0 Å². The number of nitrogens with zero attached hydrogens (tertiary/aromatic N) is 4. The van der Waals surface area contributed by atoms with Gasteiger partial charge in [0.05, 0.1) is 23.2 Å². The van der Waals surface area contributed by atoms with Gasteiger partial charge in [-0.3, -0.25) is 0 Å². The third-order valence-electron chi connectivity index (χ3n) is 6.75. The van der Waals surface area contributed by atoms with E-state index in [0.29, 0.717) is 24.5 Å². The number of aromatic amines is 1. The number of anilines is 2. The largest absolute Gasteiger partial charge is 0.376 e. The first-order valence-corrected chi connectivity index (χ1v) is 12.0. The third-order valence-corrected chi connectivity index (χ3v) is 6.75. The molecule has 33 heavy (non-hydrogen) atoms. The van der Waals surface area contributed by atoms with Gasteiger partial charge in [-0.1, -0.05) is 6.07 Å². The SMILES string of the molecule is C[C@@H]1CN(c2cccc(CNc3ncnc4[nH]cc(C5CCOC(C)(C)C5)c34)n2)C[C@H](C)N1. The molecule has 3 aromatic rings.